The Labute approximate surface area is 114 Å². The molecular weight excluding hydrogens is 234 g/mol. The van der Waals surface area contributed by atoms with Gasteiger partial charge in [-0.3, -0.25) is 0 Å². The summed E-state index contributed by atoms with van der Waals surface area (Å²) < 4.78 is 0. The van der Waals surface area contributed by atoms with E-state index in [1.54, 1.807) is 31.2 Å². The molecule has 2 aromatic rings. The molecule has 1 N–H and O–H groups in total. The molecule has 0 aliphatic carbocycles. The zero-order valence-electron chi connectivity index (χ0n) is 11.4. The highest BCUT2D eigenvalue weighted by molar-refractivity contribution is 5.41. The van der Waals surface area contributed by atoms with Crippen molar-refractivity contribution in [3.8, 4) is 6.07 Å². The third-order valence-electron chi connectivity index (χ3n) is 3.36. The van der Waals surface area contributed by atoms with Gasteiger partial charge >= 0.3 is 0 Å². The van der Waals surface area contributed by atoms with Crippen LogP contribution >= 0.6 is 0 Å². The molecule has 0 aliphatic rings. The maximum absolute atomic E-state index is 10.8. The van der Waals surface area contributed by atoms with Crippen LogP contribution in [0.5, 0.6) is 0 Å². The van der Waals surface area contributed by atoms with Crippen molar-refractivity contribution in [2.75, 3.05) is 0 Å². The van der Waals surface area contributed by atoms with Gasteiger partial charge in [-0.25, -0.2) is 0 Å². The fraction of sp³-hybridized carbons (Fsp3) is 0.235. The van der Waals surface area contributed by atoms with Crippen LogP contribution < -0.4 is 0 Å². The average molecular weight is 251 g/mol. The second-order valence-electron chi connectivity index (χ2n) is 5.14. The van der Waals surface area contributed by atoms with Gasteiger partial charge in [-0.1, -0.05) is 41.5 Å². The van der Waals surface area contributed by atoms with Crippen LogP contribution in [0.15, 0.2) is 42.5 Å². The quantitative estimate of drug-likeness (QED) is 0.888. The number of benzene rings is 2. The van der Waals surface area contributed by atoms with Crippen LogP contribution in [0.2, 0.25) is 0 Å². The predicted molar refractivity (Wildman–Crippen MR) is 75.7 cm³/mol. The van der Waals surface area contributed by atoms with E-state index in [2.05, 4.69) is 12.1 Å². The van der Waals surface area contributed by atoms with Crippen LogP contribution in [-0.4, -0.2) is 5.11 Å². The molecular formula is C17H17NO. The van der Waals surface area contributed by atoms with Crippen LogP contribution in [-0.2, 0) is 5.60 Å². The van der Waals surface area contributed by atoms with E-state index in [9.17, 15) is 5.11 Å². The van der Waals surface area contributed by atoms with Crippen molar-refractivity contribution in [2.45, 2.75) is 26.4 Å². The fourth-order valence-electron chi connectivity index (χ4n) is 2.29. The van der Waals surface area contributed by atoms with Crippen LogP contribution in [0.4, 0.5) is 0 Å². The van der Waals surface area contributed by atoms with E-state index in [0.29, 0.717) is 5.56 Å². The SMILES string of the molecule is Cc1cc(C)cc(C(C)(O)c2ccc(C#N)cc2)c1. The minimum absolute atomic E-state index is 0.597. The number of nitrogens with zero attached hydrogens (tertiary/aromatic N) is 1. The highest BCUT2D eigenvalue weighted by Crippen LogP contribution is 2.30. The summed E-state index contributed by atoms with van der Waals surface area (Å²) in [5.41, 5.74) is 3.46. The third-order valence-corrected chi connectivity index (χ3v) is 3.36. The second kappa shape index (κ2) is 4.87. The van der Waals surface area contributed by atoms with Crippen LogP contribution in [0.3, 0.4) is 0 Å². The van der Waals surface area contributed by atoms with Crippen molar-refractivity contribution in [1.29, 1.82) is 5.26 Å². The van der Waals surface area contributed by atoms with E-state index >= 15 is 0 Å². The summed E-state index contributed by atoms with van der Waals surface area (Å²) in [6.45, 7) is 5.82. The van der Waals surface area contributed by atoms with Gasteiger partial charge in [0.05, 0.1) is 11.6 Å². The summed E-state index contributed by atoms with van der Waals surface area (Å²) in [5.74, 6) is 0. The Morgan fingerprint density at radius 2 is 1.47 bits per heavy atom. The number of hydrogen-bond donors (Lipinski definition) is 1. The van der Waals surface area contributed by atoms with Crippen molar-refractivity contribution >= 4 is 0 Å². The zero-order chi connectivity index (χ0) is 14.0. The summed E-state index contributed by atoms with van der Waals surface area (Å²) in [5, 5.41) is 19.6. The van der Waals surface area contributed by atoms with Crippen molar-refractivity contribution in [3.05, 3.63) is 70.3 Å². The molecule has 0 aromatic heterocycles. The Morgan fingerprint density at radius 1 is 0.947 bits per heavy atom. The van der Waals surface area contributed by atoms with E-state index < -0.39 is 5.60 Å². The molecule has 1 atom stereocenters. The molecule has 19 heavy (non-hydrogen) atoms. The predicted octanol–water partition coefficient (Wildman–Crippen LogP) is 3.43. The van der Waals surface area contributed by atoms with Crippen LogP contribution in [0, 0.1) is 25.2 Å². The Hall–Kier alpha value is -2.11. The lowest BCUT2D eigenvalue weighted by Crippen LogP contribution is -2.23. The van der Waals surface area contributed by atoms with Gasteiger partial charge in [0, 0.05) is 0 Å². The molecule has 0 amide bonds. The summed E-state index contributed by atoms with van der Waals surface area (Å²) >= 11 is 0. The van der Waals surface area contributed by atoms with E-state index in [1.165, 1.54) is 0 Å². The fourth-order valence-corrected chi connectivity index (χ4v) is 2.29. The summed E-state index contributed by atoms with van der Waals surface area (Å²) in [7, 11) is 0. The molecule has 0 radical (unpaired) electrons. The molecule has 2 nitrogen and oxygen atoms in total. The number of aliphatic hydroxyl groups is 1. The Balaban J connectivity index is 2.48. The van der Waals surface area contributed by atoms with Crippen molar-refractivity contribution in [2.24, 2.45) is 0 Å². The van der Waals surface area contributed by atoms with Crippen LogP contribution in [0.1, 0.15) is 34.7 Å². The molecule has 0 bridgehead atoms. The standard InChI is InChI=1S/C17H17NO/c1-12-8-13(2)10-16(9-12)17(3,19)15-6-4-14(11-18)5-7-15/h4-10,19H,1-3H3. The largest absolute Gasteiger partial charge is 0.381 e. The van der Waals surface area contributed by atoms with E-state index in [4.69, 9.17) is 5.26 Å². The molecule has 0 fully saturated rings. The first-order valence-electron chi connectivity index (χ1n) is 6.25. The molecule has 0 aliphatic heterocycles. The van der Waals surface area contributed by atoms with Crippen molar-refractivity contribution < 1.29 is 5.11 Å². The molecule has 1 unspecified atom stereocenters. The minimum atomic E-state index is -1.05. The normalized spacial score (nSPS) is 13.6. The molecule has 0 saturated carbocycles. The Morgan fingerprint density at radius 3 is 1.95 bits per heavy atom. The van der Waals surface area contributed by atoms with Gasteiger partial charge in [0.25, 0.3) is 0 Å². The number of aryl methyl sites for hydroxylation is 2. The van der Waals surface area contributed by atoms with Gasteiger partial charge in [-0.15, -0.1) is 0 Å². The number of hydrogen-bond acceptors (Lipinski definition) is 2. The molecule has 0 heterocycles. The first-order valence-corrected chi connectivity index (χ1v) is 6.25. The van der Waals surface area contributed by atoms with E-state index in [-0.39, 0.29) is 0 Å². The van der Waals surface area contributed by atoms with Gasteiger partial charge in [0.1, 0.15) is 5.60 Å². The topological polar surface area (TPSA) is 44.0 Å². The first-order chi connectivity index (χ1) is 8.93. The lowest BCUT2D eigenvalue weighted by molar-refractivity contribution is 0.102. The molecule has 96 valence electrons. The molecule has 0 spiro atoms. The maximum Gasteiger partial charge on any atom is 0.112 e. The average Bonchev–Trinajstić information content (AvgIpc) is 2.37. The molecule has 0 saturated heterocycles. The third kappa shape index (κ3) is 2.67. The number of rotatable bonds is 2. The summed E-state index contributed by atoms with van der Waals surface area (Å²) in [6, 6.07) is 15.2. The molecule has 2 heteroatoms. The number of nitriles is 1. The van der Waals surface area contributed by atoms with E-state index in [0.717, 1.165) is 22.3 Å². The van der Waals surface area contributed by atoms with Gasteiger partial charge in [-0.2, -0.15) is 5.26 Å². The zero-order valence-corrected chi connectivity index (χ0v) is 11.4. The highest BCUT2D eigenvalue weighted by atomic mass is 16.3. The molecule has 2 rings (SSSR count). The maximum atomic E-state index is 10.8. The highest BCUT2D eigenvalue weighted by Gasteiger charge is 2.25. The first kappa shape index (κ1) is 13.3. The summed E-state index contributed by atoms with van der Waals surface area (Å²) in [6.07, 6.45) is 0. The van der Waals surface area contributed by atoms with E-state index in [1.807, 2.05) is 26.0 Å². The van der Waals surface area contributed by atoms with Crippen molar-refractivity contribution in [3.63, 3.8) is 0 Å². The van der Waals surface area contributed by atoms with Gasteiger partial charge < -0.3 is 5.11 Å². The minimum Gasteiger partial charge on any atom is -0.381 e. The summed E-state index contributed by atoms with van der Waals surface area (Å²) in [4.78, 5) is 0. The smallest absolute Gasteiger partial charge is 0.112 e. The van der Waals surface area contributed by atoms with Crippen LogP contribution in [0.25, 0.3) is 0 Å². The van der Waals surface area contributed by atoms with Gasteiger partial charge in [-0.05, 0) is 44.0 Å². The Bertz CT molecular complexity index is 613. The molecule has 2 aromatic carbocycles. The second-order valence-corrected chi connectivity index (χ2v) is 5.14. The monoisotopic (exact) mass is 251 g/mol. The Kier molecular flexibility index (Phi) is 3.42. The van der Waals surface area contributed by atoms with Gasteiger partial charge in [0.15, 0.2) is 0 Å². The van der Waals surface area contributed by atoms with Gasteiger partial charge in [0.2, 0.25) is 0 Å². The lowest BCUT2D eigenvalue weighted by atomic mass is 9.86. The van der Waals surface area contributed by atoms with Crippen molar-refractivity contribution in [1.82, 2.24) is 0 Å². The lowest BCUT2D eigenvalue weighted by Gasteiger charge is -2.25.